The van der Waals surface area contributed by atoms with Crippen molar-refractivity contribution in [2.75, 3.05) is 0 Å². The molecule has 0 saturated carbocycles. The van der Waals surface area contributed by atoms with Gasteiger partial charge in [0, 0.05) is 0 Å². The molecule has 2 aromatic carbocycles. The molecule has 2 aliphatic carbocycles. The van der Waals surface area contributed by atoms with Crippen LogP contribution < -0.4 is 0 Å². The lowest BCUT2D eigenvalue weighted by molar-refractivity contribution is 0.500. The van der Waals surface area contributed by atoms with Crippen LogP contribution in [0.2, 0.25) is 0 Å². The number of benzene rings is 2. The zero-order chi connectivity index (χ0) is 15.5. The first-order valence-corrected chi connectivity index (χ1v) is 8.41. The van der Waals surface area contributed by atoms with E-state index in [0.29, 0.717) is 5.92 Å². The fourth-order valence-corrected chi connectivity index (χ4v) is 4.23. The highest BCUT2D eigenvalue weighted by molar-refractivity contribution is 5.92. The zero-order valence-electron chi connectivity index (χ0n) is 14.0. The maximum atomic E-state index is 2.50. The predicted octanol–water partition coefficient (Wildman–Crippen LogP) is 6.16. The second-order valence-corrected chi connectivity index (χ2v) is 7.93. The fourth-order valence-electron chi connectivity index (χ4n) is 4.23. The van der Waals surface area contributed by atoms with Crippen molar-refractivity contribution in [2.24, 2.45) is 11.3 Å². The van der Waals surface area contributed by atoms with Crippen molar-refractivity contribution in [1.29, 1.82) is 0 Å². The zero-order valence-corrected chi connectivity index (χ0v) is 14.0. The summed E-state index contributed by atoms with van der Waals surface area (Å²) in [7, 11) is 0. The standard InChI is InChI=1S/C22H24/c1-14-9-10-20(22(2,3)4)19-13-17-11-15-7-5-6-8-16(15)12-18(17)21(14)19/h5-8,10-12,14H,9,13H2,1-4H3. The smallest absolute Gasteiger partial charge is 0.00136 e. The van der Waals surface area contributed by atoms with Gasteiger partial charge in [0.2, 0.25) is 0 Å². The van der Waals surface area contributed by atoms with Crippen LogP contribution in [-0.4, -0.2) is 0 Å². The van der Waals surface area contributed by atoms with Crippen molar-refractivity contribution in [1.82, 2.24) is 0 Å². The molecule has 1 atom stereocenters. The van der Waals surface area contributed by atoms with E-state index < -0.39 is 0 Å². The molecule has 0 aromatic heterocycles. The molecule has 0 amide bonds. The van der Waals surface area contributed by atoms with Gasteiger partial charge in [0.25, 0.3) is 0 Å². The molecule has 0 heterocycles. The van der Waals surface area contributed by atoms with E-state index in [1.807, 2.05) is 0 Å². The van der Waals surface area contributed by atoms with Gasteiger partial charge < -0.3 is 0 Å². The van der Waals surface area contributed by atoms with Crippen LogP contribution in [0.15, 0.2) is 53.6 Å². The Morgan fingerprint density at radius 2 is 1.68 bits per heavy atom. The maximum absolute atomic E-state index is 2.50. The van der Waals surface area contributed by atoms with E-state index in [1.54, 1.807) is 16.7 Å². The van der Waals surface area contributed by atoms with E-state index in [9.17, 15) is 0 Å². The van der Waals surface area contributed by atoms with Crippen LogP contribution in [0.5, 0.6) is 0 Å². The van der Waals surface area contributed by atoms with Crippen molar-refractivity contribution in [3.63, 3.8) is 0 Å². The maximum Gasteiger partial charge on any atom is -0.00136 e. The largest absolute Gasteiger partial charge is 0.0799 e. The van der Waals surface area contributed by atoms with Gasteiger partial charge in [-0.15, -0.1) is 0 Å². The van der Waals surface area contributed by atoms with Crippen LogP contribution in [-0.2, 0) is 6.42 Å². The Hall–Kier alpha value is -1.82. The van der Waals surface area contributed by atoms with E-state index in [2.05, 4.69) is 70.2 Å². The summed E-state index contributed by atoms with van der Waals surface area (Å²) in [5.41, 5.74) is 8.07. The Morgan fingerprint density at radius 1 is 1.00 bits per heavy atom. The minimum Gasteiger partial charge on any atom is -0.0799 e. The van der Waals surface area contributed by atoms with Crippen LogP contribution in [0.3, 0.4) is 0 Å². The number of fused-ring (bicyclic) bond motifs is 3. The highest BCUT2D eigenvalue weighted by atomic mass is 14.4. The van der Waals surface area contributed by atoms with Gasteiger partial charge in [0.15, 0.2) is 0 Å². The molecule has 0 N–H and O–H groups in total. The molecule has 0 nitrogen and oxygen atoms in total. The molecule has 0 fully saturated rings. The third-order valence-corrected chi connectivity index (χ3v) is 5.26. The molecular formula is C22H24. The molecule has 1 unspecified atom stereocenters. The third kappa shape index (κ3) is 1.97. The topological polar surface area (TPSA) is 0 Å². The first kappa shape index (κ1) is 13.8. The van der Waals surface area contributed by atoms with Gasteiger partial charge in [-0.1, -0.05) is 64.1 Å². The van der Waals surface area contributed by atoms with Crippen LogP contribution >= 0.6 is 0 Å². The summed E-state index contributed by atoms with van der Waals surface area (Å²) >= 11 is 0. The number of allylic oxidation sites excluding steroid dienone is 4. The normalized spacial score (nSPS) is 20.9. The summed E-state index contributed by atoms with van der Waals surface area (Å²) in [4.78, 5) is 0. The Balaban J connectivity index is 1.93. The average molecular weight is 288 g/mol. The lowest BCUT2D eigenvalue weighted by atomic mass is 9.74. The summed E-state index contributed by atoms with van der Waals surface area (Å²) in [5, 5.41) is 2.74. The lowest BCUT2D eigenvalue weighted by Gasteiger charge is -2.31. The molecule has 0 aliphatic heterocycles. The Morgan fingerprint density at radius 3 is 2.36 bits per heavy atom. The first-order chi connectivity index (χ1) is 10.4. The van der Waals surface area contributed by atoms with Gasteiger partial charge in [-0.2, -0.15) is 0 Å². The summed E-state index contributed by atoms with van der Waals surface area (Å²) < 4.78 is 0. The minimum atomic E-state index is 0.238. The average Bonchev–Trinajstić information content (AvgIpc) is 2.82. The molecule has 112 valence electrons. The second-order valence-electron chi connectivity index (χ2n) is 7.93. The monoisotopic (exact) mass is 288 g/mol. The van der Waals surface area contributed by atoms with Gasteiger partial charge in [-0.25, -0.2) is 0 Å². The van der Waals surface area contributed by atoms with E-state index in [1.165, 1.54) is 28.3 Å². The minimum absolute atomic E-state index is 0.238. The summed E-state index contributed by atoms with van der Waals surface area (Å²) in [6.07, 6.45) is 4.79. The molecule has 4 rings (SSSR count). The molecule has 0 radical (unpaired) electrons. The van der Waals surface area contributed by atoms with E-state index in [-0.39, 0.29) is 5.41 Å². The Kier molecular flexibility index (Phi) is 2.88. The van der Waals surface area contributed by atoms with Crippen LogP contribution in [0.1, 0.15) is 45.2 Å². The summed E-state index contributed by atoms with van der Waals surface area (Å²) in [6, 6.07) is 13.6. The van der Waals surface area contributed by atoms with Gasteiger partial charge in [0.1, 0.15) is 0 Å². The fraction of sp³-hybridized carbons (Fsp3) is 0.364. The van der Waals surface area contributed by atoms with E-state index >= 15 is 0 Å². The molecule has 2 aromatic rings. The Bertz CT molecular complexity index is 825. The SMILES string of the molecule is CC1CC=C(C(C)(C)C)C2=C1c1cc3ccccc3cc1C2. The highest BCUT2D eigenvalue weighted by Gasteiger charge is 2.33. The number of hydrogen-bond donors (Lipinski definition) is 0. The number of hydrogen-bond acceptors (Lipinski definition) is 0. The van der Waals surface area contributed by atoms with Gasteiger partial charge in [-0.05, 0) is 68.9 Å². The molecule has 0 spiro atoms. The van der Waals surface area contributed by atoms with E-state index in [4.69, 9.17) is 0 Å². The van der Waals surface area contributed by atoms with Crippen LogP contribution in [0.4, 0.5) is 0 Å². The summed E-state index contributed by atoms with van der Waals surface area (Å²) in [5.74, 6) is 0.642. The molecule has 2 aliphatic rings. The molecule has 0 bridgehead atoms. The lowest BCUT2D eigenvalue weighted by Crippen LogP contribution is -2.16. The van der Waals surface area contributed by atoms with Crippen molar-refractivity contribution in [2.45, 2.75) is 40.5 Å². The second kappa shape index (κ2) is 4.59. The van der Waals surface area contributed by atoms with E-state index in [0.717, 1.165) is 6.42 Å². The van der Waals surface area contributed by atoms with Crippen LogP contribution in [0.25, 0.3) is 16.3 Å². The summed E-state index contributed by atoms with van der Waals surface area (Å²) in [6.45, 7) is 9.42. The van der Waals surface area contributed by atoms with Crippen molar-refractivity contribution >= 4 is 16.3 Å². The Labute approximate surface area is 133 Å². The van der Waals surface area contributed by atoms with Crippen molar-refractivity contribution < 1.29 is 0 Å². The first-order valence-electron chi connectivity index (χ1n) is 8.41. The molecule has 22 heavy (non-hydrogen) atoms. The van der Waals surface area contributed by atoms with Gasteiger partial charge in [0.05, 0.1) is 0 Å². The molecule has 0 heteroatoms. The van der Waals surface area contributed by atoms with Gasteiger partial charge in [-0.3, -0.25) is 0 Å². The quantitative estimate of drug-likeness (QED) is 0.544. The van der Waals surface area contributed by atoms with Crippen molar-refractivity contribution in [3.8, 4) is 0 Å². The predicted molar refractivity (Wildman–Crippen MR) is 95.9 cm³/mol. The van der Waals surface area contributed by atoms with Crippen molar-refractivity contribution in [3.05, 3.63) is 64.7 Å². The van der Waals surface area contributed by atoms with Gasteiger partial charge >= 0.3 is 0 Å². The highest BCUT2D eigenvalue weighted by Crippen LogP contribution is 2.49. The third-order valence-electron chi connectivity index (χ3n) is 5.26. The molecule has 0 saturated heterocycles. The number of rotatable bonds is 0. The molecular weight excluding hydrogens is 264 g/mol. The van der Waals surface area contributed by atoms with Crippen LogP contribution in [0, 0.1) is 11.3 Å².